The number of ether oxygens (including phenoxy) is 1. The van der Waals surface area contributed by atoms with Gasteiger partial charge in [-0.2, -0.15) is 13.2 Å². The number of fused-ring (bicyclic) bond motifs is 1. The van der Waals surface area contributed by atoms with Crippen LogP contribution >= 0.6 is 0 Å². The lowest BCUT2D eigenvalue weighted by molar-refractivity contribution is -0.184. The molecule has 0 saturated carbocycles. The SMILES string of the molecule is CC(OCC(F)(F)F)C(=O)Nc1cccc2ccccc12. The van der Waals surface area contributed by atoms with Crippen LogP contribution in [0.1, 0.15) is 6.92 Å². The first-order chi connectivity index (χ1) is 9.87. The highest BCUT2D eigenvalue weighted by molar-refractivity contribution is 6.03. The molecule has 2 aromatic carbocycles. The van der Waals surface area contributed by atoms with Crippen LogP contribution in [0.25, 0.3) is 10.8 Å². The monoisotopic (exact) mass is 297 g/mol. The first-order valence-corrected chi connectivity index (χ1v) is 6.34. The number of amides is 1. The molecule has 112 valence electrons. The fraction of sp³-hybridized carbons (Fsp3) is 0.267. The maximum Gasteiger partial charge on any atom is 0.411 e. The normalized spacial score (nSPS) is 13.1. The third-order valence-corrected chi connectivity index (χ3v) is 2.91. The van der Waals surface area contributed by atoms with Crippen LogP contribution in [0, 0.1) is 0 Å². The van der Waals surface area contributed by atoms with E-state index in [0.717, 1.165) is 10.8 Å². The van der Waals surface area contributed by atoms with Crippen LogP contribution in [0.3, 0.4) is 0 Å². The Morgan fingerprint density at radius 3 is 2.57 bits per heavy atom. The lowest BCUT2D eigenvalue weighted by atomic mass is 10.1. The van der Waals surface area contributed by atoms with E-state index in [-0.39, 0.29) is 0 Å². The Morgan fingerprint density at radius 1 is 1.19 bits per heavy atom. The summed E-state index contributed by atoms with van der Waals surface area (Å²) in [4.78, 5) is 11.9. The predicted molar refractivity (Wildman–Crippen MR) is 74.0 cm³/mol. The lowest BCUT2D eigenvalue weighted by Gasteiger charge is -2.15. The van der Waals surface area contributed by atoms with E-state index in [1.807, 2.05) is 30.3 Å². The molecule has 0 radical (unpaired) electrons. The molecular weight excluding hydrogens is 283 g/mol. The third-order valence-electron chi connectivity index (χ3n) is 2.91. The molecule has 3 nitrogen and oxygen atoms in total. The molecule has 1 unspecified atom stereocenters. The van der Waals surface area contributed by atoms with E-state index in [0.29, 0.717) is 5.69 Å². The molecule has 0 spiro atoms. The molecule has 0 bridgehead atoms. The quantitative estimate of drug-likeness (QED) is 0.933. The summed E-state index contributed by atoms with van der Waals surface area (Å²) in [6.45, 7) is -0.163. The number of halogens is 3. The number of anilines is 1. The van der Waals surface area contributed by atoms with E-state index < -0.39 is 24.8 Å². The highest BCUT2D eigenvalue weighted by Gasteiger charge is 2.30. The molecule has 0 aliphatic carbocycles. The van der Waals surface area contributed by atoms with Crippen LogP contribution in [-0.4, -0.2) is 24.8 Å². The molecule has 1 N–H and O–H groups in total. The minimum Gasteiger partial charge on any atom is -0.359 e. The van der Waals surface area contributed by atoms with Gasteiger partial charge in [0, 0.05) is 11.1 Å². The van der Waals surface area contributed by atoms with Crippen molar-refractivity contribution in [2.24, 2.45) is 0 Å². The Balaban J connectivity index is 2.08. The standard InChI is InChI=1S/C15H14F3NO2/c1-10(21-9-15(16,17)18)14(20)19-13-8-4-6-11-5-2-3-7-12(11)13/h2-8,10H,9H2,1H3,(H,19,20). The molecule has 0 aromatic heterocycles. The fourth-order valence-corrected chi connectivity index (χ4v) is 1.86. The van der Waals surface area contributed by atoms with Crippen molar-refractivity contribution >= 4 is 22.4 Å². The van der Waals surface area contributed by atoms with Crippen molar-refractivity contribution in [2.75, 3.05) is 11.9 Å². The van der Waals surface area contributed by atoms with Gasteiger partial charge in [-0.05, 0) is 18.4 Å². The average Bonchev–Trinajstić information content (AvgIpc) is 2.44. The molecule has 0 fully saturated rings. The van der Waals surface area contributed by atoms with Gasteiger partial charge < -0.3 is 10.1 Å². The molecule has 0 heterocycles. The molecular formula is C15H14F3NO2. The average molecular weight is 297 g/mol. The maximum absolute atomic E-state index is 12.1. The van der Waals surface area contributed by atoms with Crippen molar-refractivity contribution in [3.8, 4) is 0 Å². The molecule has 1 atom stereocenters. The Labute approximate surface area is 119 Å². The summed E-state index contributed by atoms with van der Waals surface area (Å²) < 4.78 is 40.7. The molecule has 1 amide bonds. The number of alkyl halides is 3. The van der Waals surface area contributed by atoms with E-state index in [2.05, 4.69) is 10.1 Å². The number of rotatable bonds is 4. The number of carbonyl (C=O) groups excluding carboxylic acids is 1. The van der Waals surface area contributed by atoms with Crippen LogP contribution < -0.4 is 5.32 Å². The van der Waals surface area contributed by atoms with Crippen LogP contribution in [0.15, 0.2) is 42.5 Å². The highest BCUT2D eigenvalue weighted by atomic mass is 19.4. The van der Waals surface area contributed by atoms with Gasteiger partial charge in [0.15, 0.2) is 0 Å². The fourth-order valence-electron chi connectivity index (χ4n) is 1.86. The highest BCUT2D eigenvalue weighted by Crippen LogP contribution is 2.23. The summed E-state index contributed by atoms with van der Waals surface area (Å²) >= 11 is 0. The third kappa shape index (κ3) is 4.19. The van der Waals surface area contributed by atoms with Crippen LogP contribution in [-0.2, 0) is 9.53 Å². The minimum absolute atomic E-state index is 0.542. The second-order valence-electron chi connectivity index (χ2n) is 4.58. The Kier molecular flexibility index (Phi) is 4.47. The molecule has 0 saturated heterocycles. The zero-order valence-corrected chi connectivity index (χ0v) is 11.3. The van der Waals surface area contributed by atoms with Crippen molar-refractivity contribution in [2.45, 2.75) is 19.2 Å². The first-order valence-electron chi connectivity index (χ1n) is 6.34. The van der Waals surface area contributed by atoms with Gasteiger partial charge in [-0.1, -0.05) is 36.4 Å². The van der Waals surface area contributed by atoms with Gasteiger partial charge in [-0.3, -0.25) is 4.79 Å². The van der Waals surface area contributed by atoms with Gasteiger partial charge in [0.2, 0.25) is 0 Å². The molecule has 2 rings (SSSR count). The Bertz CT molecular complexity index is 635. The molecule has 6 heteroatoms. The summed E-state index contributed by atoms with van der Waals surface area (Å²) in [5.74, 6) is -0.615. The lowest BCUT2D eigenvalue weighted by Crippen LogP contribution is -2.31. The van der Waals surface area contributed by atoms with Gasteiger partial charge in [-0.15, -0.1) is 0 Å². The van der Waals surface area contributed by atoms with Crippen LogP contribution in [0.5, 0.6) is 0 Å². The maximum atomic E-state index is 12.1. The minimum atomic E-state index is -4.45. The van der Waals surface area contributed by atoms with Crippen molar-refractivity contribution in [3.05, 3.63) is 42.5 Å². The van der Waals surface area contributed by atoms with E-state index in [9.17, 15) is 18.0 Å². The van der Waals surface area contributed by atoms with Gasteiger partial charge in [0.1, 0.15) is 12.7 Å². The zero-order chi connectivity index (χ0) is 15.5. The smallest absolute Gasteiger partial charge is 0.359 e. The topological polar surface area (TPSA) is 38.3 Å². The Hall–Kier alpha value is -2.08. The zero-order valence-electron chi connectivity index (χ0n) is 11.3. The van der Waals surface area contributed by atoms with Gasteiger partial charge in [-0.25, -0.2) is 0 Å². The molecule has 0 aliphatic rings. The molecule has 2 aromatic rings. The van der Waals surface area contributed by atoms with Gasteiger partial charge in [0.25, 0.3) is 5.91 Å². The van der Waals surface area contributed by atoms with Crippen molar-refractivity contribution in [1.29, 1.82) is 0 Å². The summed E-state index contributed by atoms with van der Waals surface area (Å²) in [6.07, 6.45) is -5.64. The summed E-state index contributed by atoms with van der Waals surface area (Å²) in [6, 6.07) is 12.7. The van der Waals surface area contributed by atoms with Crippen molar-refractivity contribution < 1.29 is 22.7 Å². The van der Waals surface area contributed by atoms with Gasteiger partial charge in [0.05, 0.1) is 0 Å². The van der Waals surface area contributed by atoms with E-state index in [1.165, 1.54) is 6.92 Å². The summed E-state index contributed by atoms with van der Waals surface area (Å²) in [7, 11) is 0. The summed E-state index contributed by atoms with van der Waals surface area (Å²) in [5, 5.41) is 4.34. The van der Waals surface area contributed by atoms with Crippen LogP contribution in [0.4, 0.5) is 18.9 Å². The number of hydrogen-bond donors (Lipinski definition) is 1. The second-order valence-corrected chi connectivity index (χ2v) is 4.58. The molecule has 0 aliphatic heterocycles. The summed E-state index contributed by atoms with van der Waals surface area (Å²) in [5.41, 5.74) is 0.542. The Morgan fingerprint density at radius 2 is 1.86 bits per heavy atom. The number of hydrogen-bond acceptors (Lipinski definition) is 2. The second kappa shape index (κ2) is 6.13. The largest absolute Gasteiger partial charge is 0.411 e. The first kappa shape index (κ1) is 15.3. The molecule has 21 heavy (non-hydrogen) atoms. The van der Waals surface area contributed by atoms with Gasteiger partial charge >= 0.3 is 6.18 Å². The van der Waals surface area contributed by atoms with Crippen molar-refractivity contribution in [1.82, 2.24) is 0 Å². The predicted octanol–water partition coefficient (Wildman–Crippen LogP) is 3.75. The number of benzene rings is 2. The van der Waals surface area contributed by atoms with E-state index in [1.54, 1.807) is 12.1 Å². The van der Waals surface area contributed by atoms with E-state index in [4.69, 9.17) is 0 Å². The van der Waals surface area contributed by atoms with Crippen molar-refractivity contribution in [3.63, 3.8) is 0 Å². The van der Waals surface area contributed by atoms with E-state index >= 15 is 0 Å². The van der Waals surface area contributed by atoms with Crippen LogP contribution in [0.2, 0.25) is 0 Å². The number of nitrogens with one attached hydrogen (secondary N) is 1. The number of carbonyl (C=O) groups is 1.